The molecule has 2 amide bonds. The second-order valence-corrected chi connectivity index (χ2v) is 6.45. The summed E-state index contributed by atoms with van der Waals surface area (Å²) in [5.41, 5.74) is 0.687. The topological polar surface area (TPSA) is 73.5 Å². The van der Waals surface area contributed by atoms with Gasteiger partial charge in [-0.25, -0.2) is 0 Å². The zero-order valence-electron chi connectivity index (χ0n) is 13.9. The molecule has 2 heterocycles. The Morgan fingerprint density at radius 2 is 1.92 bits per heavy atom. The summed E-state index contributed by atoms with van der Waals surface area (Å²) >= 11 is 1.50. The highest BCUT2D eigenvalue weighted by Gasteiger charge is 2.09. The Kier molecular flexibility index (Phi) is 10.7. The molecule has 24 heavy (non-hydrogen) atoms. The molecule has 8 heteroatoms. The molecule has 0 radical (unpaired) electrons. The van der Waals surface area contributed by atoms with Crippen LogP contribution in [0.25, 0.3) is 0 Å². The van der Waals surface area contributed by atoms with Gasteiger partial charge in [0.2, 0.25) is 5.91 Å². The molecule has 0 aliphatic carbocycles. The largest absolute Gasteiger partial charge is 0.356 e. The van der Waals surface area contributed by atoms with Gasteiger partial charge in [-0.1, -0.05) is 0 Å². The number of rotatable bonds is 9. The Morgan fingerprint density at radius 3 is 2.62 bits per heavy atom. The van der Waals surface area contributed by atoms with E-state index >= 15 is 0 Å². The number of piperazine rings is 1. The predicted molar refractivity (Wildman–Crippen MR) is 100 cm³/mol. The SMILES string of the molecule is Cl.O=C(CCCNC(=O)c1ccsc1)NCCCN1CCNCC1. The van der Waals surface area contributed by atoms with Gasteiger partial charge >= 0.3 is 0 Å². The third-order valence-corrected chi connectivity index (χ3v) is 4.52. The van der Waals surface area contributed by atoms with Crippen LogP contribution in [-0.2, 0) is 4.79 Å². The van der Waals surface area contributed by atoms with Crippen LogP contribution >= 0.6 is 23.7 Å². The van der Waals surface area contributed by atoms with Crippen LogP contribution in [0, 0.1) is 0 Å². The highest BCUT2D eigenvalue weighted by molar-refractivity contribution is 7.08. The fourth-order valence-corrected chi connectivity index (χ4v) is 3.14. The maximum atomic E-state index is 11.7. The van der Waals surface area contributed by atoms with E-state index in [0.29, 0.717) is 24.9 Å². The first-order chi connectivity index (χ1) is 11.3. The molecule has 0 spiro atoms. The Morgan fingerprint density at radius 1 is 1.17 bits per heavy atom. The number of nitrogens with one attached hydrogen (secondary N) is 3. The Balaban J connectivity index is 0.00000288. The number of carbonyl (C=O) groups is 2. The first-order valence-corrected chi connectivity index (χ1v) is 9.20. The molecule has 0 bridgehead atoms. The molecule has 3 N–H and O–H groups in total. The van der Waals surface area contributed by atoms with E-state index in [1.807, 2.05) is 10.8 Å². The van der Waals surface area contributed by atoms with Crippen LogP contribution in [-0.4, -0.2) is 62.5 Å². The van der Waals surface area contributed by atoms with Crippen molar-refractivity contribution in [3.05, 3.63) is 22.4 Å². The van der Waals surface area contributed by atoms with Crippen molar-refractivity contribution in [2.24, 2.45) is 0 Å². The van der Waals surface area contributed by atoms with Gasteiger partial charge in [-0.2, -0.15) is 11.3 Å². The molecule has 1 aliphatic rings. The minimum absolute atomic E-state index is 0. The molecule has 1 aromatic heterocycles. The number of nitrogens with zero attached hydrogens (tertiary/aromatic N) is 1. The lowest BCUT2D eigenvalue weighted by molar-refractivity contribution is -0.121. The summed E-state index contributed by atoms with van der Waals surface area (Å²) in [5, 5.41) is 12.8. The summed E-state index contributed by atoms with van der Waals surface area (Å²) in [5.74, 6) is -0.00206. The molecular weight excluding hydrogens is 348 g/mol. The molecule has 0 aromatic carbocycles. The van der Waals surface area contributed by atoms with Crippen LogP contribution in [0.3, 0.4) is 0 Å². The fourth-order valence-electron chi connectivity index (χ4n) is 2.50. The highest BCUT2D eigenvalue weighted by Crippen LogP contribution is 2.05. The van der Waals surface area contributed by atoms with E-state index in [1.54, 1.807) is 6.07 Å². The molecule has 0 unspecified atom stereocenters. The molecule has 0 atom stereocenters. The maximum absolute atomic E-state index is 11.7. The minimum atomic E-state index is -0.0670. The maximum Gasteiger partial charge on any atom is 0.252 e. The minimum Gasteiger partial charge on any atom is -0.356 e. The third-order valence-electron chi connectivity index (χ3n) is 3.83. The zero-order valence-corrected chi connectivity index (χ0v) is 15.5. The molecule has 2 rings (SSSR count). The normalized spacial score (nSPS) is 14.7. The first kappa shape index (κ1) is 20.9. The lowest BCUT2D eigenvalue weighted by Gasteiger charge is -2.27. The number of hydrogen-bond donors (Lipinski definition) is 3. The summed E-state index contributed by atoms with van der Waals surface area (Å²) in [4.78, 5) is 25.8. The van der Waals surface area contributed by atoms with Crippen molar-refractivity contribution in [2.45, 2.75) is 19.3 Å². The second-order valence-electron chi connectivity index (χ2n) is 5.67. The van der Waals surface area contributed by atoms with Crippen LogP contribution in [0.1, 0.15) is 29.6 Å². The average molecular weight is 375 g/mol. The van der Waals surface area contributed by atoms with E-state index in [2.05, 4.69) is 20.9 Å². The van der Waals surface area contributed by atoms with Gasteiger partial charge in [0, 0.05) is 56.6 Å². The number of thiophene rings is 1. The van der Waals surface area contributed by atoms with Gasteiger partial charge in [-0.05, 0) is 30.8 Å². The van der Waals surface area contributed by atoms with E-state index in [4.69, 9.17) is 0 Å². The summed E-state index contributed by atoms with van der Waals surface area (Å²) in [6.45, 7) is 6.61. The Hall–Kier alpha value is -1.15. The monoisotopic (exact) mass is 374 g/mol. The summed E-state index contributed by atoms with van der Waals surface area (Å²) in [6.07, 6.45) is 2.11. The van der Waals surface area contributed by atoms with E-state index < -0.39 is 0 Å². The molecule has 1 fully saturated rings. The predicted octanol–water partition coefficient (Wildman–Crippen LogP) is 1.09. The van der Waals surface area contributed by atoms with E-state index in [0.717, 1.165) is 45.7 Å². The summed E-state index contributed by atoms with van der Waals surface area (Å²) in [6, 6.07) is 1.80. The van der Waals surface area contributed by atoms with E-state index in [9.17, 15) is 9.59 Å². The number of halogens is 1. The van der Waals surface area contributed by atoms with Crippen LogP contribution < -0.4 is 16.0 Å². The standard InChI is InChI=1S/C16H26N4O2S.ClH/c21-15(18-6-2-9-20-10-7-17-8-11-20)3-1-5-19-16(22)14-4-12-23-13-14;/h4,12-13,17H,1-3,5-11H2,(H,18,21)(H,19,22);1H. The van der Waals surface area contributed by atoms with Crippen molar-refractivity contribution in [1.82, 2.24) is 20.9 Å². The van der Waals surface area contributed by atoms with Crippen LogP contribution in [0.4, 0.5) is 0 Å². The molecule has 6 nitrogen and oxygen atoms in total. The quantitative estimate of drug-likeness (QED) is 0.566. The van der Waals surface area contributed by atoms with Gasteiger partial charge in [-0.3, -0.25) is 9.59 Å². The number of carbonyl (C=O) groups excluding carboxylic acids is 2. The van der Waals surface area contributed by atoms with Crippen LogP contribution in [0.5, 0.6) is 0 Å². The van der Waals surface area contributed by atoms with Gasteiger partial charge in [0.25, 0.3) is 5.91 Å². The Labute approximate surface area is 153 Å². The van der Waals surface area contributed by atoms with Crippen LogP contribution in [0.15, 0.2) is 16.8 Å². The molecule has 1 saturated heterocycles. The smallest absolute Gasteiger partial charge is 0.252 e. The van der Waals surface area contributed by atoms with E-state index in [-0.39, 0.29) is 24.2 Å². The average Bonchev–Trinajstić information content (AvgIpc) is 3.11. The third kappa shape index (κ3) is 8.10. The number of hydrogen-bond acceptors (Lipinski definition) is 5. The van der Waals surface area contributed by atoms with Gasteiger partial charge < -0.3 is 20.9 Å². The van der Waals surface area contributed by atoms with Crippen molar-refractivity contribution in [2.75, 3.05) is 45.8 Å². The summed E-state index contributed by atoms with van der Waals surface area (Å²) in [7, 11) is 0. The molecule has 0 saturated carbocycles. The van der Waals surface area contributed by atoms with Gasteiger partial charge in [0.05, 0.1) is 0 Å². The van der Waals surface area contributed by atoms with Gasteiger partial charge in [-0.15, -0.1) is 12.4 Å². The molecule has 1 aromatic rings. The molecular formula is C16H27ClN4O2S. The lowest BCUT2D eigenvalue weighted by atomic mass is 10.2. The van der Waals surface area contributed by atoms with Crippen molar-refractivity contribution in [3.8, 4) is 0 Å². The van der Waals surface area contributed by atoms with Crippen molar-refractivity contribution in [1.29, 1.82) is 0 Å². The van der Waals surface area contributed by atoms with Gasteiger partial charge in [0.1, 0.15) is 0 Å². The lowest BCUT2D eigenvalue weighted by Crippen LogP contribution is -2.44. The highest BCUT2D eigenvalue weighted by atomic mass is 35.5. The summed E-state index contributed by atoms with van der Waals surface area (Å²) < 4.78 is 0. The number of amides is 2. The van der Waals surface area contributed by atoms with Crippen molar-refractivity contribution < 1.29 is 9.59 Å². The second kappa shape index (κ2) is 12.2. The zero-order chi connectivity index (χ0) is 16.3. The fraction of sp³-hybridized carbons (Fsp3) is 0.625. The van der Waals surface area contributed by atoms with E-state index in [1.165, 1.54) is 11.3 Å². The first-order valence-electron chi connectivity index (χ1n) is 8.26. The van der Waals surface area contributed by atoms with Crippen molar-refractivity contribution >= 4 is 35.6 Å². The van der Waals surface area contributed by atoms with Crippen LogP contribution in [0.2, 0.25) is 0 Å². The molecule has 1 aliphatic heterocycles. The molecule has 136 valence electrons. The van der Waals surface area contributed by atoms with Crippen molar-refractivity contribution in [3.63, 3.8) is 0 Å². The van der Waals surface area contributed by atoms with Gasteiger partial charge in [0.15, 0.2) is 0 Å². The Bertz CT molecular complexity index is 478.